The van der Waals surface area contributed by atoms with Gasteiger partial charge in [0, 0.05) is 24.5 Å². The third-order valence-electron chi connectivity index (χ3n) is 3.62. The summed E-state index contributed by atoms with van der Waals surface area (Å²) < 4.78 is 32.4. The Morgan fingerprint density at radius 3 is 2.36 bits per heavy atom. The molecule has 2 aromatic carbocycles. The number of hydrogen-bond donors (Lipinski definition) is 2. The van der Waals surface area contributed by atoms with Crippen LogP contribution in [0.1, 0.15) is 23.2 Å². The molecular weight excluding hydrogens is 413 g/mol. The van der Waals surface area contributed by atoms with E-state index < -0.39 is 23.1 Å². The number of halogens is 4. The summed E-state index contributed by atoms with van der Waals surface area (Å²) >= 11 is 11.8. The van der Waals surface area contributed by atoms with Gasteiger partial charge in [-0.15, -0.1) is 0 Å². The Bertz CT molecular complexity index is 830. The van der Waals surface area contributed by atoms with Crippen LogP contribution in [0.5, 0.6) is 5.75 Å². The minimum absolute atomic E-state index is 0.0369. The van der Waals surface area contributed by atoms with Crippen LogP contribution in [0.2, 0.25) is 10.0 Å². The number of benzene rings is 2. The fraction of sp³-hybridized carbons (Fsp3) is 0.263. The molecule has 0 heterocycles. The summed E-state index contributed by atoms with van der Waals surface area (Å²) in [6.07, 6.45) is 0.665. The molecule has 2 amide bonds. The molecule has 28 heavy (non-hydrogen) atoms. The lowest BCUT2D eigenvalue weighted by Gasteiger charge is -2.09. The van der Waals surface area contributed by atoms with Crippen molar-refractivity contribution in [2.24, 2.45) is 0 Å². The Balaban J connectivity index is 1.62. The summed E-state index contributed by atoms with van der Waals surface area (Å²) in [6, 6.07) is 8.03. The summed E-state index contributed by atoms with van der Waals surface area (Å²) in [7, 11) is 0. The minimum Gasteiger partial charge on any atom is -0.492 e. The van der Waals surface area contributed by atoms with Crippen molar-refractivity contribution in [1.29, 1.82) is 0 Å². The monoisotopic (exact) mass is 430 g/mol. The smallest absolute Gasteiger partial charge is 0.257 e. The maximum Gasteiger partial charge on any atom is 0.257 e. The van der Waals surface area contributed by atoms with Crippen LogP contribution in [-0.4, -0.2) is 31.5 Å². The van der Waals surface area contributed by atoms with Crippen LogP contribution in [-0.2, 0) is 4.79 Å². The Kier molecular flexibility index (Phi) is 8.47. The van der Waals surface area contributed by atoms with Gasteiger partial charge >= 0.3 is 0 Å². The van der Waals surface area contributed by atoms with Crippen LogP contribution >= 0.6 is 23.2 Å². The van der Waals surface area contributed by atoms with Gasteiger partial charge in [-0.2, -0.15) is 0 Å². The molecule has 2 N–H and O–H groups in total. The maximum atomic E-state index is 13.5. The molecule has 5 nitrogen and oxygen atoms in total. The van der Waals surface area contributed by atoms with E-state index in [1.54, 1.807) is 18.2 Å². The third kappa shape index (κ3) is 6.65. The Morgan fingerprint density at radius 1 is 1.00 bits per heavy atom. The molecule has 2 aromatic rings. The number of nitrogens with one attached hydrogen (secondary N) is 2. The zero-order valence-electron chi connectivity index (χ0n) is 14.7. The molecule has 0 bridgehead atoms. The quantitative estimate of drug-likeness (QED) is 0.591. The molecule has 0 unspecified atom stereocenters. The molecule has 2 rings (SSSR count). The second-order valence-electron chi connectivity index (χ2n) is 5.73. The average molecular weight is 431 g/mol. The molecule has 9 heteroatoms. The van der Waals surface area contributed by atoms with Gasteiger partial charge in [0.1, 0.15) is 22.9 Å². The average Bonchev–Trinajstić information content (AvgIpc) is 2.63. The molecule has 0 saturated carbocycles. The van der Waals surface area contributed by atoms with Crippen LogP contribution < -0.4 is 15.4 Å². The number of amides is 2. The highest BCUT2D eigenvalue weighted by molar-refractivity contribution is 6.35. The number of ether oxygens (including phenoxy) is 1. The molecule has 0 aromatic heterocycles. The van der Waals surface area contributed by atoms with Crippen molar-refractivity contribution >= 4 is 35.0 Å². The molecule has 0 fully saturated rings. The highest BCUT2D eigenvalue weighted by Gasteiger charge is 2.16. The van der Waals surface area contributed by atoms with E-state index in [1.165, 1.54) is 6.07 Å². The van der Waals surface area contributed by atoms with E-state index in [-0.39, 0.29) is 32.0 Å². The number of rotatable bonds is 9. The highest BCUT2D eigenvalue weighted by Crippen LogP contribution is 2.27. The minimum atomic E-state index is -0.942. The first kappa shape index (κ1) is 21.9. The largest absolute Gasteiger partial charge is 0.492 e. The molecule has 0 radical (unpaired) electrons. The van der Waals surface area contributed by atoms with E-state index in [1.807, 2.05) is 0 Å². The van der Waals surface area contributed by atoms with E-state index >= 15 is 0 Å². The van der Waals surface area contributed by atoms with E-state index in [2.05, 4.69) is 10.6 Å². The van der Waals surface area contributed by atoms with Crippen LogP contribution in [0.15, 0.2) is 36.4 Å². The maximum absolute atomic E-state index is 13.5. The summed E-state index contributed by atoms with van der Waals surface area (Å²) in [4.78, 5) is 23.5. The molecule has 0 atom stereocenters. The number of carbonyl (C=O) groups excluding carboxylic acids is 2. The predicted octanol–water partition coefficient (Wildman–Crippen LogP) is 3.98. The van der Waals surface area contributed by atoms with Gasteiger partial charge in [-0.1, -0.05) is 29.3 Å². The first-order valence-corrected chi connectivity index (χ1v) is 9.21. The molecule has 0 aliphatic heterocycles. The highest BCUT2D eigenvalue weighted by atomic mass is 35.5. The van der Waals surface area contributed by atoms with Crippen molar-refractivity contribution in [2.45, 2.75) is 12.8 Å². The van der Waals surface area contributed by atoms with Crippen molar-refractivity contribution in [3.63, 3.8) is 0 Å². The zero-order valence-corrected chi connectivity index (χ0v) is 16.2. The lowest BCUT2D eigenvalue weighted by molar-refractivity contribution is -0.121. The third-order valence-corrected chi connectivity index (χ3v) is 4.15. The van der Waals surface area contributed by atoms with Crippen LogP contribution in [0.4, 0.5) is 8.78 Å². The van der Waals surface area contributed by atoms with Crippen molar-refractivity contribution < 1.29 is 23.1 Å². The molecule has 0 saturated heterocycles. The SMILES string of the molecule is O=C(CCCOc1ccc(Cl)cc1Cl)NCCNC(=O)c1c(F)cccc1F. The molecule has 0 aliphatic rings. The standard InChI is InChI=1S/C19H18Cl2F2N2O3/c20-12-6-7-16(13(21)11-12)28-10-2-5-17(26)24-8-9-25-19(27)18-14(22)3-1-4-15(18)23/h1,3-4,6-7,11H,2,5,8-10H2,(H,24,26)(H,25,27). The molecule has 0 aliphatic carbocycles. The normalized spacial score (nSPS) is 10.4. The summed E-state index contributed by atoms with van der Waals surface area (Å²) in [6.45, 7) is 0.456. The van der Waals surface area contributed by atoms with Crippen LogP contribution in [0.3, 0.4) is 0 Å². The second-order valence-corrected chi connectivity index (χ2v) is 6.57. The van der Waals surface area contributed by atoms with Crippen molar-refractivity contribution in [1.82, 2.24) is 10.6 Å². The Morgan fingerprint density at radius 2 is 1.68 bits per heavy atom. The van der Waals surface area contributed by atoms with Crippen molar-refractivity contribution in [3.05, 3.63) is 63.6 Å². The topological polar surface area (TPSA) is 67.4 Å². The fourth-order valence-corrected chi connectivity index (χ4v) is 2.74. The van der Waals surface area contributed by atoms with Crippen LogP contribution in [0, 0.1) is 11.6 Å². The van der Waals surface area contributed by atoms with Gasteiger partial charge < -0.3 is 15.4 Å². The van der Waals surface area contributed by atoms with E-state index in [9.17, 15) is 18.4 Å². The molecule has 150 valence electrons. The van der Waals surface area contributed by atoms with Gasteiger partial charge in [-0.05, 0) is 36.8 Å². The van der Waals surface area contributed by atoms with Gasteiger partial charge in [0.2, 0.25) is 5.91 Å². The number of hydrogen-bond acceptors (Lipinski definition) is 3. The van der Waals surface area contributed by atoms with Crippen molar-refractivity contribution in [2.75, 3.05) is 19.7 Å². The zero-order chi connectivity index (χ0) is 20.5. The summed E-state index contributed by atoms with van der Waals surface area (Å²) in [5.74, 6) is -2.52. The lowest BCUT2D eigenvalue weighted by Crippen LogP contribution is -2.35. The van der Waals surface area contributed by atoms with Gasteiger partial charge in [-0.3, -0.25) is 9.59 Å². The second kappa shape index (κ2) is 10.8. The van der Waals surface area contributed by atoms with Gasteiger partial charge in [0.05, 0.1) is 11.6 Å². The van der Waals surface area contributed by atoms with Gasteiger partial charge in [-0.25, -0.2) is 8.78 Å². The van der Waals surface area contributed by atoms with Crippen molar-refractivity contribution in [3.8, 4) is 5.75 Å². The fourth-order valence-electron chi connectivity index (χ4n) is 2.28. The molecular formula is C19H18Cl2F2N2O3. The summed E-state index contributed by atoms with van der Waals surface area (Å²) in [5, 5.41) is 5.84. The first-order valence-electron chi connectivity index (χ1n) is 8.45. The lowest BCUT2D eigenvalue weighted by atomic mass is 10.2. The van der Waals surface area contributed by atoms with Gasteiger partial charge in [0.15, 0.2) is 0 Å². The molecule has 0 spiro atoms. The Labute approximate surface area is 171 Å². The van der Waals surface area contributed by atoms with Crippen LogP contribution in [0.25, 0.3) is 0 Å². The Hall–Kier alpha value is -2.38. The van der Waals surface area contributed by atoms with E-state index in [0.29, 0.717) is 22.2 Å². The summed E-state index contributed by atoms with van der Waals surface area (Å²) in [5.41, 5.74) is -0.646. The number of carbonyl (C=O) groups is 2. The predicted molar refractivity (Wildman–Crippen MR) is 103 cm³/mol. The van der Waals surface area contributed by atoms with E-state index in [4.69, 9.17) is 27.9 Å². The van der Waals surface area contributed by atoms with E-state index in [0.717, 1.165) is 12.1 Å². The van der Waals surface area contributed by atoms with Gasteiger partial charge in [0.25, 0.3) is 5.91 Å². The first-order chi connectivity index (χ1) is 13.4.